The van der Waals surface area contributed by atoms with Crippen LogP contribution in [0.4, 0.5) is 5.69 Å². The molecule has 0 aromatic carbocycles. The van der Waals surface area contributed by atoms with Gasteiger partial charge in [-0.3, -0.25) is 9.78 Å². The number of hydrogen-bond donors (Lipinski definition) is 1. The van der Waals surface area contributed by atoms with Crippen LogP contribution in [0.1, 0.15) is 16.6 Å². The van der Waals surface area contributed by atoms with Gasteiger partial charge in [0, 0.05) is 31.4 Å². The van der Waals surface area contributed by atoms with Crippen molar-refractivity contribution in [2.45, 2.75) is 6.92 Å². The molecule has 1 amide bonds. The molecule has 0 unspecified atom stereocenters. The first kappa shape index (κ1) is 12.6. The van der Waals surface area contributed by atoms with E-state index in [2.05, 4.69) is 11.6 Å². The summed E-state index contributed by atoms with van der Waals surface area (Å²) < 4.78 is 0.932. The summed E-state index contributed by atoms with van der Waals surface area (Å²) in [6.07, 6.45) is 3.41. The van der Waals surface area contributed by atoms with Crippen LogP contribution in [0.15, 0.2) is 30.6 Å². The summed E-state index contributed by atoms with van der Waals surface area (Å²) in [6.45, 7) is 6.23. The van der Waals surface area contributed by atoms with Crippen molar-refractivity contribution >= 4 is 33.0 Å². The molecule has 2 N–H and O–H groups in total. The Labute approximate surface area is 110 Å². The van der Waals surface area contributed by atoms with Crippen LogP contribution in [-0.4, -0.2) is 29.4 Å². The number of carbonyl (C=O) groups is 1. The molecule has 0 aliphatic heterocycles. The van der Waals surface area contributed by atoms with Crippen molar-refractivity contribution in [3.8, 4) is 0 Å². The second-order valence-electron chi connectivity index (χ2n) is 4.34. The van der Waals surface area contributed by atoms with Gasteiger partial charge in [0.05, 0.1) is 10.4 Å². The van der Waals surface area contributed by atoms with E-state index in [0.717, 1.165) is 15.7 Å². The summed E-state index contributed by atoms with van der Waals surface area (Å²) in [5.74, 6) is -0.0725. The highest BCUT2D eigenvalue weighted by Crippen LogP contribution is 2.33. The second kappa shape index (κ2) is 4.78. The molecular formula is C13H15N3OS. The molecule has 0 aliphatic rings. The maximum absolute atomic E-state index is 12.3. The van der Waals surface area contributed by atoms with Gasteiger partial charge in [-0.15, -0.1) is 11.3 Å². The van der Waals surface area contributed by atoms with Crippen molar-refractivity contribution in [2.24, 2.45) is 0 Å². The Morgan fingerprint density at radius 1 is 1.61 bits per heavy atom. The maximum Gasteiger partial charge on any atom is 0.266 e. The molecule has 4 nitrogen and oxygen atoms in total. The monoisotopic (exact) mass is 261 g/mol. The van der Waals surface area contributed by atoms with Gasteiger partial charge in [0.25, 0.3) is 5.91 Å². The summed E-state index contributed by atoms with van der Waals surface area (Å²) >= 11 is 1.38. The van der Waals surface area contributed by atoms with Gasteiger partial charge >= 0.3 is 0 Å². The summed E-state index contributed by atoms with van der Waals surface area (Å²) in [4.78, 5) is 18.5. The molecule has 0 saturated carbocycles. The molecule has 2 rings (SSSR count). The first-order chi connectivity index (χ1) is 8.50. The number of nitrogens with zero attached hydrogens (tertiary/aromatic N) is 2. The highest BCUT2D eigenvalue weighted by atomic mass is 32.1. The fourth-order valence-corrected chi connectivity index (χ4v) is 2.86. The highest BCUT2D eigenvalue weighted by Gasteiger charge is 2.19. The van der Waals surface area contributed by atoms with Crippen LogP contribution in [0, 0.1) is 0 Å². The molecule has 2 aromatic heterocycles. The number of pyridine rings is 1. The van der Waals surface area contributed by atoms with E-state index in [4.69, 9.17) is 5.73 Å². The lowest BCUT2D eigenvalue weighted by atomic mass is 10.2. The summed E-state index contributed by atoms with van der Waals surface area (Å²) in [7, 11) is 1.75. The van der Waals surface area contributed by atoms with Crippen molar-refractivity contribution in [1.29, 1.82) is 0 Å². The second-order valence-corrected chi connectivity index (χ2v) is 5.39. The van der Waals surface area contributed by atoms with Crippen LogP contribution < -0.4 is 5.73 Å². The zero-order valence-electron chi connectivity index (χ0n) is 10.4. The Morgan fingerprint density at radius 3 is 2.94 bits per heavy atom. The quantitative estimate of drug-likeness (QED) is 0.864. The lowest BCUT2D eigenvalue weighted by Gasteiger charge is -2.16. The number of aromatic nitrogens is 1. The first-order valence-corrected chi connectivity index (χ1v) is 6.34. The average Bonchev–Trinajstić information content (AvgIpc) is 2.66. The van der Waals surface area contributed by atoms with Crippen LogP contribution in [0.25, 0.3) is 10.1 Å². The van der Waals surface area contributed by atoms with Crippen LogP contribution in [-0.2, 0) is 0 Å². The molecule has 18 heavy (non-hydrogen) atoms. The van der Waals surface area contributed by atoms with Crippen LogP contribution in [0.3, 0.4) is 0 Å². The van der Waals surface area contributed by atoms with E-state index in [1.165, 1.54) is 11.3 Å². The number of thiophene rings is 1. The third kappa shape index (κ3) is 2.22. The number of hydrogen-bond acceptors (Lipinski definition) is 4. The standard InChI is InChI=1S/C13H15N3OS/c1-8(2)7-16(3)13(17)12-11(14)9-4-5-15-6-10(9)18-12/h4-6H,1,7,14H2,2-3H3. The van der Waals surface area contributed by atoms with E-state index < -0.39 is 0 Å². The molecule has 0 saturated heterocycles. The predicted octanol–water partition coefficient (Wildman–Crippen LogP) is 2.53. The van der Waals surface area contributed by atoms with E-state index in [-0.39, 0.29) is 5.91 Å². The Kier molecular flexibility index (Phi) is 3.34. The summed E-state index contributed by atoms with van der Waals surface area (Å²) in [5.41, 5.74) is 7.50. The minimum absolute atomic E-state index is 0.0725. The summed E-state index contributed by atoms with van der Waals surface area (Å²) in [5, 5.41) is 0.891. The number of anilines is 1. The van der Waals surface area contributed by atoms with Crippen LogP contribution in [0.2, 0.25) is 0 Å². The molecule has 0 fully saturated rings. The molecule has 0 atom stereocenters. The van der Waals surface area contributed by atoms with E-state index in [9.17, 15) is 4.79 Å². The lowest BCUT2D eigenvalue weighted by molar-refractivity contribution is 0.0812. The Hall–Kier alpha value is -1.88. The number of nitrogen functional groups attached to an aromatic ring is 1. The maximum atomic E-state index is 12.3. The van der Waals surface area contributed by atoms with Crippen molar-refractivity contribution in [3.63, 3.8) is 0 Å². The third-order valence-corrected chi connectivity index (χ3v) is 3.72. The normalized spacial score (nSPS) is 10.6. The lowest BCUT2D eigenvalue weighted by Crippen LogP contribution is -2.27. The van der Waals surface area contributed by atoms with Gasteiger partial charge in [0.2, 0.25) is 0 Å². The van der Waals surface area contributed by atoms with E-state index in [1.807, 2.05) is 13.0 Å². The molecular weight excluding hydrogens is 246 g/mol. The molecule has 2 aromatic rings. The van der Waals surface area contributed by atoms with Gasteiger partial charge in [-0.1, -0.05) is 12.2 Å². The molecule has 5 heteroatoms. The van der Waals surface area contributed by atoms with Gasteiger partial charge in [0.15, 0.2) is 0 Å². The Bertz CT molecular complexity index is 618. The minimum Gasteiger partial charge on any atom is -0.397 e. The SMILES string of the molecule is C=C(C)CN(C)C(=O)c1sc2cnccc2c1N. The smallest absolute Gasteiger partial charge is 0.266 e. The van der Waals surface area contributed by atoms with Gasteiger partial charge in [0.1, 0.15) is 4.88 Å². The minimum atomic E-state index is -0.0725. The van der Waals surface area contributed by atoms with Crippen molar-refractivity contribution < 1.29 is 4.79 Å². The fraction of sp³-hybridized carbons (Fsp3) is 0.231. The average molecular weight is 261 g/mol. The summed E-state index contributed by atoms with van der Waals surface area (Å²) in [6, 6.07) is 1.83. The fourth-order valence-electron chi connectivity index (χ4n) is 1.78. The van der Waals surface area contributed by atoms with Crippen molar-refractivity contribution in [1.82, 2.24) is 9.88 Å². The number of likely N-dealkylation sites (N-methyl/N-ethyl adjacent to an activating group) is 1. The van der Waals surface area contributed by atoms with Crippen molar-refractivity contribution in [3.05, 3.63) is 35.5 Å². The molecule has 94 valence electrons. The van der Waals surface area contributed by atoms with Gasteiger partial charge in [-0.05, 0) is 13.0 Å². The molecule has 0 aliphatic carbocycles. The Balaban J connectivity index is 2.39. The van der Waals surface area contributed by atoms with Crippen molar-refractivity contribution in [2.75, 3.05) is 19.3 Å². The zero-order chi connectivity index (χ0) is 13.3. The molecule has 0 spiro atoms. The number of amides is 1. The number of fused-ring (bicyclic) bond motifs is 1. The molecule has 2 heterocycles. The van der Waals surface area contributed by atoms with E-state index in [1.54, 1.807) is 24.3 Å². The van der Waals surface area contributed by atoms with Gasteiger partial charge < -0.3 is 10.6 Å². The highest BCUT2D eigenvalue weighted by molar-refractivity contribution is 7.21. The predicted molar refractivity (Wildman–Crippen MR) is 75.8 cm³/mol. The largest absolute Gasteiger partial charge is 0.397 e. The van der Waals surface area contributed by atoms with E-state index in [0.29, 0.717) is 17.1 Å². The Morgan fingerprint density at radius 2 is 2.33 bits per heavy atom. The van der Waals surface area contributed by atoms with Crippen LogP contribution >= 0.6 is 11.3 Å². The number of nitrogens with two attached hydrogens (primary N) is 1. The van der Waals surface area contributed by atoms with Gasteiger partial charge in [-0.25, -0.2) is 0 Å². The zero-order valence-corrected chi connectivity index (χ0v) is 11.3. The van der Waals surface area contributed by atoms with E-state index >= 15 is 0 Å². The van der Waals surface area contributed by atoms with Crippen LogP contribution in [0.5, 0.6) is 0 Å². The first-order valence-electron chi connectivity index (χ1n) is 5.52. The molecule has 0 bridgehead atoms. The van der Waals surface area contributed by atoms with Gasteiger partial charge in [-0.2, -0.15) is 0 Å². The molecule has 0 radical (unpaired) electrons. The third-order valence-electron chi connectivity index (χ3n) is 2.58. The number of rotatable bonds is 3. The number of carbonyl (C=O) groups excluding carboxylic acids is 1. The topological polar surface area (TPSA) is 59.2 Å².